The molecular formula is C23H21NO5. The van der Waals surface area contributed by atoms with Crippen LogP contribution >= 0.6 is 0 Å². The molecule has 0 spiro atoms. The van der Waals surface area contributed by atoms with Gasteiger partial charge >= 0.3 is 5.63 Å². The Morgan fingerprint density at radius 1 is 0.966 bits per heavy atom. The predicted octanol–water partition coefficient (Wildman–Crippen LogP) is 4.65. The number of aryl methyl sites for hydroxylation is 3. The van der Waals surface area contributed by atoms with Gasteiger partial charge in [0, 0.05) is 22.5 Å². The van der Waals surface area contributed by atoms with Crippen LogP contribution in [-0.4, -0.2) is 13.0 Å². The molecule has 0 saturated carbocycles. The molecule has 0 aliphatic heterocycles. The Kier molecular flexibility index (Phi) is 4.62. The molecule has 1 N–H and O–H groups in total. The van der Waals surface area contributed by atoms with Gasteiger partial charge in [-0.05, 0) is 62.2 Å². The van der Waals surface area contributed by atoms with E-state index in [4.69, 9.17) is 13.6 Å². The molecule has 2 aromatic carbocycles. The van der Waals surface area contributed by atoms with Crippen molar-refractivity contribution in [2.24, 2.45) is 0 Å². The van der Waals surface area contributed by atoms with E-state index in [1.54, 1.807) is 37.4 Å². The van der Waals surface area contributed by atoms with E-state index in [1.165, 1.54) is 0 Å². The summed E-state index contributed by atoms with van der Waals surface area (Å²) in [4.78, 5) is 25.0. The minimum atomic E-state index is -0.515. The molecule has 148 valence electrons. The molecule has 0 unspecified atom stereocenters. The highest BCUT2D eigenvalue weighted by molar-refractivity contribution is 5.98. The van der Waals surface area contributed by atoms with E-state index in [-0.39, 0.29) is 12.3 Å². The van der Waals surface area contributed by atoms with Gasteiger partial charge in [-0.1, -0.05) is 0 Å². The Bertz CT molecular complexity index is 1300. The third-order valence-electron chi connectivity index (χ3n) is 5.29. The van der Waals surface area contributed by atoms with E-state index < -0.39 is 5.63 Å². The summed E-state index contributed by atoms with van der Waals surface area (Å²) in [6.07, 6.45) is -0.0719. The van der Waals surface area contributed by atoms with Gasteiger partial charge in [0.2, 0.25) is 5.91 Å². The van der Waals surface area contributed by atoms with Crippen LogP contribution in [0.3, 0.4) is 0 Å². The fourth-order valence-corrected chi connectivity index (χ4v) is 3.47. The molecule has 4 aromatic rings. The maximum Gasteiger partial charge on any atom is 0.340 e. The topological polar surface area (TPSA) is 81.7 Å². The number of carbonyl (C=O) groups is 1. The van der Waals surface area contributed by atoms with Crippen LogP contribution in [0, 0.1) is 20.8 Å². The van der Waals surface area contributed by atoms with Gasteiger partial charge in [-0.2, -0.15) is 0 Å². The number of carbonyl (C=O) groups excluding carboxylic acids is 1. The van der Waals surface area contributed by atoms with Crippen LogP contribution in [0.4, 0.5) is 5.69 Å². The lowest BCUT2D eigenvalue weighted by molar-refractivity contribution is -0.115. The molecule has 2 aromatic heterocycles. The molecule has 4 rings (SSSR count). The number of anilines is 1. The first-order chi connectivity index (χ1) is 13.9. The van der Waals surface area contributed by atoms with Crippen LogP contribution in [0.25, 0.3) is 21.9 Å². The molecular weight excluding hydrogens is 370 g/mol. The summed E-state index contributed by atoms with van der Waals surface area (Å²) < 4.78 is 16.3. The molecule has 0 aliphatic carbocycles. The van der Waals surface area contributed by atoms with E-state index in [2.05, 4.69) is 5.32 Å². The molecule has 29 heavy (non-hydrogen) atoms. The Morgan fingerprint density at radius 3 is 2.31 bits per heavy atom. The van der Waals surface area contributed by atoms with E-state index in [9.17, 15) is 9.59 Å². The average molecular weight is 391 g/mol. The van der Waals surface area contributed by atoms with Gasteiger partial charge in [0.1, 0.15) is 22.7 Å². The Morgan fingerprint density at radius 2 is 1.62 bits per heavy atom. The van der Waals surface area contributed by atoms with Crippen LogP contribution in [-0.2, 0) is 11.2 Å². The zero-order valence-electron chi connectivity index (χ0n) is 16.7. The zero-order valence-corrected chi connectivity index (χ0v) is 16.7. The molecule has 2 heterocycles. The van der Waals surface area contributed by atoms with Crippen LogP contribution in [0.5, 0.6) is 5.75 Å². The van der Waals surface area contributed by atoms with E-state index in [0.717, 1.165) is 27.7 Å². The number of rotatable bonds is 4. The number of amides is 1. The summed E-state index contributed by atoms with van der Waals surface area (Å²) >= 11 is 0. The smallest absolute Gasteiger partial charge is 0.340 e. The number of nitrogens with one attached hydrogen (secondary N) is 1. The quantitative estimate of drug-likeness (QED) is 0.512. The Labute approximate surface area is 167 Å². The first-order valence-electron chi connectivity index (χ1n) is 9.27. The second kappa shape index (κ2) is 7.13. The first-order valence-corrected chi connectivity index (χ1v) is 9.27. The van der Waals surface area contributed by atoms with Gasteiger partial charge in [-0.15, -0.1) is 0 Å². The highest BCUT2D eigenvalue weighted by atomic mass is 16.5. The summed E-state index contributed by atoms with van der Waals surface area (Å²) in [6, 6.07) is 10.7. The molecule has 0 aliphatic rings. The van der Waals surface area contributed by atoms with Gasteiger partial charge in [0.15, 0.2) is 0 Å². The molecule has 1 amide bonds. The zero-order chi connectivity index (χ0) is 20.7. The van der Waals surface area contributed by atoms with Gasteiger partial charge in [-0.3, -0.25) is 4.79 Å². The van der Waals surface area contributed by atoms with Crippen LogP contribution < -0.4 is 15.7 Å². The Balaban J connectivity index is 1.69. The minimum absolute atomic E-state index is 0.0719. The predicted molar refractivity (Wildman–Crippen MR) is 112 cm³/mol. The number of furan rings is 1. The van der Waals surface area contributed by atoms with Crippen LogP contribution in [0.15, 0.2) is 50.0 Å². The maximum absolute atomic E-state index is 12.5. The van der Waals surface area contributed by atoms with Crippen LogP contribution in [0.1, 0.15) is 22.5 Å². The van der Waals surface area contributed by atoms with E-state index >= 15 is 0 Å². The van der Waals surface area contributed by atoms with Crippen molar-refractivity contribution in [2.75, 3.05) is 12.4 Å². The van der Waals surface area contributed by atoms with Crippen molar-refractivity contribution in [3.8, 4) is 5.75 Å². The molecule has 0 saturated heterocycles. The number of hydrogen-bond acceptors (Lipinski definition) is 5. The van der Waals surface area contributed by atoms with E-state index in [0.29, 0.717) is 28.2 Å². The summed E-state index contributed by atoms with van der Waals surface area (Å²) in [6.45, 7) is 5.73. The van der Waals surface area contributed by atoms with Crippen molar-refractivity contribution < 1.29 is 18.4 Å². The third kappa shape index (κ3) is 3.38. The Hall–Kier alpha value is -3.54. The fourth-order valence-electron chi connectivity index (χ4n) is 3.47. The normalized spacial score (nSPS) is 11.2. The highest BCUT2D eigenvalue weighted by Crippen LogP contribution is 2.31. The van der Waals surface area contributed by atoms with Crippen molar-refractivity contribution in [3.05, 3.63) is 69.3 Å². The summed E-state index contributed by atoms with van der Waals surface area (Å²) in [5.74, 6) is 1.24. The summed E-state index contributed by atoms with van der Waals surface area (Å²) in [5.41, 5.74) is 3.38. The standard InChI is InChI=1S/C23H21NO5/c1-12-14(3)28-20-11-21-18(9-17(12)20)13(2)19(23(26)29-21)10-22(25)24-15-5-7-16(27-4)8-6-15/h5-9,11H,10H2,1-4H3,(H,24,25). The van der Waals surface area contributed by atoms with Crippen molar-refractivity contribution >= 4 is 33.5 Å². The van der Waals surface area contributed by atoms with Crippen LogP contribution in [0.2, 0.25) is 0 Å². The number of benzene rings is 2. The molecule has 0 radical (unpaired) electrons. The second-order valence-electron chi connectivity index (χ2n) is 7.07. The second-order valence-corrected chi connectivity index (χ2v) is 7.07. The molecule has 6 heteroatoms. The van der Waals surface area contributed by atoms with Gasteiger partial charge in [0.25, 0.3) is 0 Å². The minimum Gasteiger partial charge on any atom is -0.497 e. The fraction of sp³-hybridized carbons (Fsp3) is 0.217. The first kappa shape index (κ1) is 18.8. The molecule has 0 atom stereocenters. The van der Waals surface area contributed by atoms with Crippen molar-refractivity contribution in [1.29, 1.82) is 0 Å². The summed E-state index contributed by atoms with van der Waals surface area (Å²) in [5, 5.41) is 4.57. The molecule has 6 nitrogen and oxygen atoms in total. The average Bonchev–Trinajstić information content (AvgIpc) is 2.97. The van der Waals surface area contributed by atoms with Crippen molar-refractivity contribution in [1.82, 2.24) is 0 Å². The lowest BCUT2D eigenvalue weighted by atomic mass is 10.0. The maximum atomic E-state index is 12.5. The lowest BCUT2D eigenvalue weighted by Crippen LogP contribution is -2.20. The van der Waals surface area contributed by atoms with Crippen molar-refractivity contribution in [3.63, 3.8) is 0 Å². The number of hydrogen-bond donors (Lipinski definition) is 1. The van der Waals surface area contributed by atoms with Gasteiger partial charge in [0.05, 0.1) is 19.1 Å². The highest BCUT2D eigenvalue weighted by Gasteiger charge is 2.17. The van der Waals surface area contributed by atoms with Crippen molar-refractivity contribution in [2.45, 2.75) is 27.2 Å². The molecule has 0 fully saturated rings. The lowest BCUT2D eigenvalue weighted by Gasteiger charge is -2.09. The van der Waals surface area contributed by atoms with Gasteiger partial charge < -0.3 is 18.9 Å². The number of fused-ring (bicyclic) bond motifs is 2. The van der Waals surface area contributed by atoms with E-state index in [1.807, 2.05) is 26.8 Å². The number of methoxy groups -OCH3 is 1. The van der Waals surface area contributed by atoms with Gasteiger partial charge in [-0.25, -0.2) is 4.79 Å². The molecule has 0 bridgehead atoms. The monoisotopic (exact) mass is 391 g/mol. The largest absolute Gasteiger partial charge is 0.497 e. The number of ether oxygens (including phenoxy) is 1. The summed E-state index contributed by atoms with van der Waals surface area (Å²) in [7, 11) is 1.58. The SMILES string of the molecule is COc1ccc(NC(=O)Cc2c(C)c3cc4c(C)c(C)oc4cc3oc2=O)cc1. The third-order valence-corrected chi connectivity index (χ3v) is 5.29.